The number of thioether (sulfide) groups is 1. The van der Waals surface area contributed by atoms with Gasteiger partial charge in [0.05, 0.1) is 16.2 Å². The van der Waals surface area contributed by atoms with Crippen LogP contribution in [0.1, 0.15) is 11.1 Å². The Labute approximate surface area is 163 Å². The van der Waals surface area contributed by atoms with Gasteiger partial charge in [-0.1, -0.05) is 48.5 Å². The Bertz CT molecular complexity index is 1130. The summed E-state index contributed by atoms with van der Waals surface area (Å²) < 4.78 is 38.5. The number of amidine groups is 1. The number of aliphatic imine (C=N–C) groups is 1. The van der Waals surface area contributed by atoms with Crippen LogP contribution in [0.15, 0.2) is 76.6 Å². The van der Waals surface area contributed by atoms with Gasteiger partial charge in [-0.25, -0.2) is 4.99 Å². The van der Waals surface area contributed by atoms with Crippen LogP contribution in [0, 0.1) is 0 Å². The number of alkyl halides is 3. The summed E-state index contributed by atoms with van der Waals surface area (Å²) in [6.45, 7) is 0. The molecule has 1 saturated heterocycles. The van der Waals surface area contributed by atoms with Gasteiger partial charge in [0.1, 0.15) is 0 Å². The number of amides is 1. The van der Waals surface area contributed by atoms with E-state index in [1.807, 2.05) is 42.5 Å². The molecule has 1 aliphatic rings. The lowest BCUT2D eigenvalue weighted by molar-refractivity contribution is -0.137. The Morgan fingerprint density at radius 1 is 0.964 bits per heavy atom. The molecule has 1 fully saturated rings. The van der Waals surface area contributed by atoms with Crippen LogP contribution in [0.25, 0.3) is 16.8 Å². The van der Waals surface area contributed by atoms with Crippen LogP contribution in [0.5, 0.6) is 0 Å². The normalized spacial score (nSPS) is 17.5. The molecule has 28 heavy (non-hydrogen) atoms. The largest absolute Gasteiger partial charge is 0.416 e. The van der Waals surface area contributed by atoms with Gasteiger partial charge in [0.15, 0.2) is 5.17 Å². The van der Waals surface area contributed by atoms with E-state index in [0.29, 0.717) is 4.91 Å². The van der Waals surface area contributed by atoms with Gasteiger partial charge in [-0.3, -0.25) is 4.79 Å². The number of hydrogen-bond donors (Lipinski definition) is 1. The lowest BCUT2D eigenvalue weighted by atomic mass is 10.0. The molecule has 0 radical (unpaired) electrons. The highest BCUT2D eigenvalue weighted by Gasteiger charge is 2.30. The first-order chi connectivity index (χ1) is 13.4. The molecule has 7 heteroatoms. The van der Waals surface area contributed by atoms with E-state index < -0.39 is 11.7 Å². The highest BCUT2D eigenvalue weighted by molar-refractivity contribution is 8.18. The predicted octanol–water partition coefficient (Wildman–Crippen LogP) is 5.75. The van der Waals surface area contributed by atoms with Crippen molar-refractivity contribution in [3.05, 3.63) is 82.8 Å². The van der Waals surface area contributed by atoms with Crippen LogP contribution in [0.2, 0.25) is 0 Å². The van der Waals surface area contributed by atoms with Gasteiger partial charge < -0.3 is 5.32 Å². The van der Waals surface area contributed by atoms with Crippen LogP contribution >= 0.6 is 11.8 Å². The topological polar surface area (TPSA) is 41.5 Å². The van der Waals surface area contributed by atoms with Crippen molar-refractivity contribution < 1.29 is 18.0 Å². The second-order valence-electron chi connectivity index (χ2n) is 6.10. The summed E-state index contributed by atoms with van der Waals surface area (Å²) in [7, 11) is 0. The first-order valence-corrected chi connectivity index (χ1v) is 9.16. The van der Waals surface area contributed by atoms with Gasteiger partial charge in [-0.2, -0.15) is 13.2 Å². The Morgan fingerprint density at radius 2 is 1.71 bits per heavy atom. The number of rotatable bonds is 2. The van der Waals surface area contributed by atoms with Crippen LogP contribution in [0.4, 0.5) is 18.9 Å². The molecule has 0 spiro atoms. The Morgan fingerprint density at radius 3 is 2.54 bits per heavy atom. The average molecular weight is 398 g/mol. The molecule has 0 aliphatic carbocycles. The van der Waals surface area contributed by atoms with Gasteiger partial charge in [0, 0.05) is 0 Å². The van der Waals surface area contributed by atoms with Gasteiger partial charge in [-0.15, -0.1) is 0 Å². The molecule has 1 amide bonds. The van der Waals surface area contributed by atoms with Crippen molar-refractivity contribution in [1.82, 2.24) is 5.32 Å². The summed E-state index contributed by atoms with van der Waals surface area (Å²) in [5, 5.41) is 4.91. The fraction of sp³-hybridized carbons (Fsp3) is 0.0476. The minimum atomic E-state index is -4.44. The lowest BCUT2D eigenvalue weighted by Crippen LogP contribution is -2.19. The molecule has 0 aromatic heterocycles. The summed E-state index contributed by atoms with van der Waals surface area (Å²) >= 11 is 1.10. The molecule has 1 aliphatic heterocycles. The quantitative estimate of drug-likeness (QED) is 0.559. The fourth-order valence-electron chi connectivity index (χ4n) is 2.87. The molecule has 3 nitrogen and oxygen atoms in total. The lowest BCUT2D eigenvalue weighted by Gasteiger charge is -2.06. The maximum Gasteiger partial charge on any atom is 0.416 e. The van der Waals surface area contributed by atoms with Crippen LogP contribution < -0.4 is 5.32 Å². The van der Waals surface area contributed by atoms with E-state index in [-0.39, 0.29) is 16.8 Å². The van der Waals surface area contributed by atoms with E-state index >= 15 is 0 Å². The Hall–Kier alpha value is -3.06. The van der Waals surface area contributed by atoms with E-state index in [9.17, 15) is 18.0 Å². The molecule has 0 bridgehead atoms. The zero-order valence-electron chi connectivity index (χ0n) is 14.3. The molecule has 140 valence electrons. The van der Waals surface area contributed by atoms with Crippen molar-refractivity contribution in [2.45, 2.75) is 6.18 Å². The van der Waals surface area contributed by atoms with Gasteiger partial charge in [0.25, 0.3) is 5.91 Å². The van der Waals surface area contributed by atoms with E-state index in [1.165, 1.54) is 12.1 Å². The van der Waals surface area contributed by atoms with Crippen molar-refractivity contribution in [3.8, 4) is 0 Å². The van der Waals surface area contributed by atoms with Gasteiger partial charge in [0.2, 0.25) is 0 Å². The molecule has 0 unspecified atom stereocenters. The first-order valence-electron chi connectivity index (χ1n) is 8.35. The third-order valence-corrected chi connectivity index (χ3v) is 5.07. The van der Waals surface area contributed by atoms with Gasteiger partial charge in [-0.05, 0) is 52.4 Å². The third-order valence-electron chi connectivity index (χ3n) is 4.16. The number of fused-ring (bicyclic) bond motifs is 1. The fourth-order valence-corrected chi connectivity index (χ4v) is 3.70. The van der Waals surface area contributed by atoms with Crippen molar-refractivity contribution in [1.29, 1.82) is 0 Å². The summed E-state index contributed by atoms with van der Waals surface area (Å²) in [4.78, 5) is 16.9. The molecule has 4 rings (SSSR count). The van der Waals surface area contributed by atoms with Crippen LogP contribution in [0.3, 0.4) is 0 Å². The highest BCUT2D eigenvalue weighted by Crippen LogP contribution is 2.33. The summed E-state index contributed by atoms with van der Waals surface area (Å²) in [5.74, 6) is -0.330. The van der Waals surface area contributed by atoms with E-state index in [2.05, 4.69) is 10.3 Å². The molecule has 0 atom stereocenters. The van der Waals surface area contributed by atoms with E-state index in [1.54, 1.807) is 6.08 Å². The summed E-state index contributed by atoms with van der Waals surface area (Å²) in [6.07, 6.45) is -2.68. The van der Waals surface area contributed by atoms with Crippen molar-refractivity contribution in [2.75, 3.05) is 0 Å². The highest BCUT2D eigenvalue weighted by atomic mass is 32.2. The Balaban J connectivity index is 1.64. The number of carbonyl (C=O) groups excluding carboxylic acids is 1. The van der Waals surface area contributed by atoms with Gasteiger partial charge >= 0.3 is 6.18 Å². The van der Waals surface area contributed by atoms with Crippen molar-refractivity contribution >= 4 is 45.4 Å². The molecular weight excluding hydrogens is 385 g/mol. The number of nitrogens with one attached hydrogen (secondary N) is 1. The standard InChI is InChI=1S/C21H13F3N2OS/c22-21(23,24)15-8-4-9-16(12-15)25-20-26-19(27)18(28-20)11-14-7-3-6-13-5-1-2-10-17(13)14/h1-12H,(H,25,26,27)/b18-11-. The van der Waals surface area contributed by atoms with Crippen molar-refractivity contribution in [2.24, 2.45) is 4.99 Å². The first kappa shape index (κ1) is 18.3. The number of nitrogens with zero attached hydrogens (tertiary/aromatic N) is 1. The van der Waals surface area contributed by atoms with Crippen molar-refractivity contribution in [3.63, 3.8) is 0 Å². The number of benzene rings is 3. The minimum Gasteiger partial charge on any atom is -0.300 e. The predicted molar refractivity (Wildman–Crippen MR) is 106 cm³/mol. The van der Waals surface area contributed by atoms with Crippen LogP contribution in [-0.2, 0) is 11.0 Å². The molecule has 1 N–H and O–H groups in total. The summed E-state index contributed by atoms with van der Waals surface area (Å²) in [6, 6.07) is 18.3. The van der Waals surface area contributed by atoms with E-state index in [0.717, 1.165) is 40.2 Å². The van der Waals surface area contributed by atoms with E-state index in [4.69, 9.17) is 0 Å². The molecule has 0 saturated carbocycles. The molecule has 3 aromatic carbocycles. The molecule has 1 heterocycles. The smallest absolute Gasteiger partial charge is 0.300 e. The Kier molecular flexibility index (Phi) is 4.68. The zero-order chi connectivity index (χ0) is 19.7. The maximum atomic E-state index is 12.8. The second-order valence-corrected chi connectivity index (χ2v) is 7.13. The SMILES string of the molecule is O=C1NC(=Nc2cccc(C(F)(F)F)c2)S/C1=C\c1cccc2ccccc12. The van der Waals surface area contributed by atoms with Crippen LogP contribution in [-0.4, -0.2) is 11.1 Å². The maximum absolute atomic E-state index is 12.8. The average Bonchev–Trinajstić information content (AvgIpc) is 3.00. The summed E-state index contributed by atoms with van der Waals surface area (Å²) in [5.41, 5.74) is 0.232. The minimum absolute atomic E-state index is 0.129. The second kappa shape index (κ2) is 7.16. The molecular formula is C21H13F3N2OS. The zero-order valence-corrected chi connectivity index (χ0v) is 15.1. The molecule has 3 aromatic rings. The monoisotopic (exact) mass is 398 g/mol. The third kappa shape index (κ3) is 3.80. The number of halogens is 3. The number of hydrogen-bond acceptors (Lipinski definition) is 3. The number of carbonyl (C=O) groups is 1.